The van der Waals surface area contributed by atoms with E-state index in [-0.39, 0.29) is 23.5 Å². The second-order valence-electron chi connectivity index (χ2n) is 12.9. The summed E-state index contributed by atoms with van der Waals surface area (Å²) in [4.78, 5) is 50.6. The van der Waals surface area contributed by atoms with Gasteiger partial charge in [0.25, 0.3) is 0 Å². The number of ketones is 1. The third-order valence-electron chi connectivity index (χ3n) is 10.8. The number of rotatable bonds is 3. The highest BCUT2D eigenvalue weighted by Gasteiger charge is 2.71. The quantitative estimate of drug-likeness (QED) is 0.335. The van der Waals surface area contributed by atoms with Crippen LogP contribution in [0.1, 0.15) is 67.7 Å². The van der Waals surface area contributed by atoms with E-state index in [1.165, 1.54) is 19.9 Å². The Morgan fingerprint density at radius 2 is 1.53 bits per heavy atom. The van der Waals surface area contributed by atoms with Crippen LogP contribution >= 0.6 is 0 Å². The normalized spacial score (nSPS) is 44.7. The fraction of sp³-hybridized carbons (Fsp3) is 0.667. The zero-order valence-electron chi connectivity index (χ0n) is 23.2. The molecule has 0 spiro atoms. The molecule has 0 aromatic carbocycles. The van der Waals surface area contributed by atoms with Crippen LogP contribution in [-0.4, -0.2) is 47.3 Å². The molecule has 2 fully saturated rings. The summed E-state index contributed by atoms with van der Waals surface area (Å²) in [5, 5.41) is 10.0. The van der Waals surface area contributed by atoms with Gasteiger partial charge in [-0.05, 0) is 48.7 Å². The van der Waals surface area contributed by atoms with Crippen molar-refractivity contribution in [1.29, 1.82) is 0 Å². The molecule has 9 atom stereocenters. The predicted molar refractivity (Wildman–Crippen MR) is 136 cm³/mol. The van der Waals surface area contributed by atoms with Crippen LogP contribution in [0.5, 0.6) is 0 Å². The number of aliphatic hydroxyl groups excluding tert-OH is 1. The van der Waals surface area contributed by atoms with E-state index in [9.17, 15) is 24.3 Å². The van der Waals surface area contributed by atoms with Crippen LogP contribution in [-0.2, 0) is 33.4 Å². The van der Waals surface area contributed by atoms with Crippen molar-refractivity contribution in [2.75, 3.05) is 0 Å². The number of fused-ring (bicyclic) bond motifs is 5. The summed E-state index contributed by atoms with van der Waals surface area (Å²) in [5.74, 6) is -1.94. The van der Waals surface area contributed by atoms with Gasteiger partial charge in [-0.15, -0.1) is 0 Å². The number of allylic oxidation sites excluding steroid dienone is 3. The summed E-state index contributed by atoms with van der Waals surface area (Å²) in [6.45, 7) is 13.0. The highest BCUT2D eigenvalue weighted by Crippen LogP contribution is 2.72. The lowest BCUT2D eigenvalue weighted by Gasteiger charge is -2.67. The molecule has 0 bridgehead atoms. The Kier molecular flexibility index (Phi) is 5.92. The number of cyclic esters (lactones) is 1. The SMILES string of the molecule is CC(=O)O[C@H]1C[C@@H]2[C@@]3(C)C=CC(=O)C(C)(C)[C@@H]3C[C@@H](OC(C)=O)[C@@]2(C)C2=CC[C@@H](C3=C[C@H](O)OC3=O)[C@@]21C. The predicted octanol–water partition coefficient (Wildman–Crippen LogP) is 3.82. The third kappa shape index (κ3) is 3.44. The highest BCUT2D eigenvalue weighted by atomic mass is 16.6. The second kappa shape index (κ2) is 8.38. The molecular formula is C30H38O8. The van der Waals surface area contributed by atoms with Crippen LogP contribution in [0.3, 0.4) is 0 Å². The molecular weight excluding hydrogens is 488 g/mol. The van der Waals surface area contributed by atoms with E-state index >= 15 is 0 Å². The molecule has 1 heterocycles. The fourth-order valence-electron chi connectivity index (χ4n) is 9.06. The van der Waals surface area contributed by atoms with Crippen molar-refractivity contribution in [1.82, 2.24) is 0 Å². The van der Waals surface area contributed by atoms with E-state index < -0.39 is 58.1 Å². The van der Waals surface area contributed by atoms with Crippen LogP contribution in [0.25, 0.3) is 0 Å². The van der Waals surface area contributed by atoms with E-state index in [2.05, 4.69) is 19.9 Å². The third-order valence-corrected chi connectivity index (χ3v) is 10.8. The average Bonchev–Trinajstić information content (AvgIpc) is 3.33. The Labute approximate surface area is 223 Å². The van der Waals surface area contributed by atoms with Gasteiger partial charge in [-0.3, -0.25) is 14.4 Å². The van der Waals surface area contributed by atoms with Crippen LogP contribution in [0.4, 0.5) is 0 Å². The Hall–Kier alpha value is -2.74. The number of ether oxygens (including phenoxy) is 3. The van der Waals surface area contributed by atoms with Gasteiger partial charge in [0, 0.05) is 41.6 Å². The van der Waals surface area contributed by atoms with Gasteiger partial charge in [-0.25, -0.2) is 4.79 Å². The molecule has 8 nitrogen and oxygen atoms in total. The molecule has 1 aliphatic heterocycles. The summed E-state index contributed by atoms with van der Waals surface area (Å²) in [7, 11) is 0. The lowest BCUT2D eigenvalue weighted by Crippen LogP contribution is -2.67. The van der Waals surface area contributed by atoms with Crippen molar-refractivity contribution in [3.05, 3.63) is 35.5 Å². The molecule has 1 N–H and O–H groups in total. The Morgan fingerprint density at radius 1 is 0.947 bits per heavy atom. The second-order valence-corrected chi connectivity index (χ2v) is 12.9. The van der Waals surface area contributed by atoms with Crippen LogP contribution in [0.2, 0.25) is 0 Å². The smallest absolute Gasteiger partial charge is 0.336 e. The molecule has 5 rings (SSSR count). The lowest BCUT2D eigenvalue weighted by atomic mass is 9.38. The van der Waals surface area contributed by atoms with Gasteiger partial charge in [0.15, 0.2) is 5.78 Å². The van der Waals surface area contributed by atoms with Crippen molar-refractivity contribution in [2.24, 2.45) is 39.4 Å². The topological polar surface area (TPSA) is 116 Å². The number of esters is 3. The lowest BCUT2D eigenvalue weighted by molar-refractivity contribution is -0.204. The molecule has 4 aliphatic carbocycles. The fourth-order valence-corrected chi connectivity index (χ4v) is 9.06. The molecule has 8 heteroatoms. The molecule has 2 saturated carbocycles. The molecule has 0 aromatic heterocycles. The first-order chi connectivity index (χ1) is 17.6. The highest BCUT2D eigenvalue weighted by molar-refractivity contribution is 5.96. The Bertz CT molecular complexity index is 1210. The number of hydrogen-bond acceptors (Lipinski definition) is 8. The van der Waals surface area contributed by atoms with E-state index in [4.69, 9.17) is 14.2 Å². The standard InChI is InChI=1S/C30H38O8/c1-15(31)36-23-14-21-28(5)11-10-22(33)27(3,4)20(28)13-24(37-16(2)32)30(21,7)19-9-8-18(29(19,23)6)17-12-25(34)38-26(17)35/h9-12,18,20-21,23-25,34H,8,13-14H2,1-7H3/t18-,20-,21+,23-,24+,25+,28-,29-,30-/m0/s1. The van der Waals surface area contributed by atoms with E-state index in [0.717, 1.165) is 5.57 Å². The molecule has 0 saturated heterocycles. The molecule has 5 aliphatic rings. The first-order valence-electron chi connectivity index (χ1n) is 13.5. The van der Waals surface area contributed by atoms with Crippen molar-refractivity contribution < 1.29 is 38.5 Å². The first kappa shape index (κ1) is 26.9. The molecule has 0 aromatic rings. The zero-order valence-corrected chi connectivity index (χ0v) is 23.2. The van der Waals surface area contributed by atoms with Gasteiger partial charge in [0.1, 0.15) is 12.2 Å². The van der Waals surface area contributed by atoms with Crippen LogP contribution in [0, 0.1) is 39.4 Å². The van der Waals surface area contributed by atoms with Gasteiger partial charge in [0.2, 0.25) is 6.29 Å². The van der Waals surface area contributed by atoms with Crippen molar-refractivity contribution in [3.8, 4) is 0 Å². The summed E-state index contributed by atoms with van der Waals surface area (Å²) < 4.78 is 17.2. The van der Waals surface area contributed by atoms with Gasteiger partial charge in [-0.1, -0.05) is 52.3 Å². The average molecular weight is 527 g/mol. The summed E-state index contributed by atoms with van der Waals surface area (Å²) in [6, 6.07) is 0. The minimum absolute atomic E-state index is 0.0488. The summed E-state index contributed by atoms with van der Waals surface area (Å²) >= 11 is 0. The summed E-state index contributed by atoms with van der Waals surface area (Å²) in [5.41, 5.74) is -1.19. The molecule has 206 valence electrons. The maximum Gasteiger partial charge on any atom is 0.336 e. The number of hydrogen-bond donors (Lipinski definition) is 1. The van der Waals surface area contributed by atoms with Crippen LogP contribution < -0.4 is 0 Å². The Balaban J connectivity index is 1.71. The molecule has 0 amide bonds. The van der Waals surface area contributed by atoms with E-state index in [0.29, 0.717) is 24.8 Å². The number of carbonyl (C=O) groups excluding carboxylic acids is 4. The number of carbonyl (C=O) groups is 4. The Morgan fingerprint density at radius 3 is 2.08 bits per heavy atom. The van der Waals surface area contributed by atoms with Gasteiger partial charge >= 0.3 is 17.9 Å². The minimum atomic E-state index is -1.31. The molecule has 0 radical (unpaired) electrons. The van der Waals surface area contributed by atoms with E-state index in [1.807, 2.05) is 26.8 Å². The van der Waals surface area contributed by atoms with Crippen LogP contribution in [0.15, 0.2) is 35.5 Å². The van der Waals surface area contributed by atoms with Gasteiger partial charge < -0.3 is 19.3 Å². The molecule has 38 heavy (non-hydrogen) atoms. The van der Waals surface area contributed by atoms with Gasteiger partial charge in [-0.2, -0.15) is 0 Å². The molecule has 0 unspecified atom stereocenters. The van der Waals surface area contributed by atoms with Crippen molar-refractivity contribution in [3.63, 3.8) is 0 Å². The van der Waals surface area contributed by atoms with E-state index in [1.54, 1.807) is 6.08 Å². The van der Waals surface area contributed by atoms with Crippen molar-refractivity contribution in [2.45, 2.75) is 86.2 Å². The largest absolute Gasteiger partial charge is 0.462 e. The maximum absolute atomic E-state index is 13.0. The summed E-state index contributed by atoms with van der Waals surface area (Å²) in [6.07, 6.45) is 6.31. The first-order valence-corrected chi connectivity index (χ1v) is 13.5. The minimum Gasteiger partial charge on any atom is -0.462 e. The van der Waals surface area contributed by atoms with Gasteiger partial charge in [0.05, 0.1) is 0 Å². The van der Waals surface area contributed by atoms with Crippen molar-refractivity contribution >= 4 is 23.7 Å². The maximum atomic E-state index is 13.0. The zero-order chi connectivity index (χ0) is 28.0. The number of aliphatic hydroxyl groups is 1. The monoisotopic (exact) mass is 526 g/mol.